The number of nitrogens with zero attached hydrogens (tertiary/aromatic N) is 1. The van der Waals surface area contributed by atoms with Gasteiger partial charge in [-0.25, -0.2) is 0 Å². The number of fused-ring (bicyclic) bond motifs is 1. The fourth-order valence-electron chi connectivity index (χ4n) is 2.38. The van der Waals surface area contributed by atoms with E-state index in [-0.39, 0.29) is 0 Å². The minimum Gasteiger partial charge on any atom is -0.198 e. The van der Waals surface area contributed by atoms with Crippen molar-refractivity contribution in [1.82, 2.24) is 0 Å². The molecule has 1 unspecified atom stereocenters. The van der Waals surface area contributed by atoms with Crippen LogP contribution in [0.3, 0.4) is 0 Å². The lowest BCUT2D eigenvalue weighted by Gasteiger charge is -2.23. The molecule has 0 bridgehead atoms. The second-order valence-corrected chi connectivity index (χ2v) is 4.18. The first-order valence-corrected chi connectivity index (χ1v) is 5.25. The summed E-state index contributed by atoms with van der Waals surface area (Å²) < 4.78 is 0. The van der Waals surface area contributed by atoms with Crippen LogP contribution in [0.15, 0.2) is 18.2 Å². The maximum Gasteiger partial charge on any atom is 0.0624 e. The summed E-state index contributed by atoms with van der Waals surface area (Å²) in [7, 11) is 0. The lowest BCUT2D eigenvalue weighted by atomic mass is 9.81. The van der Waals surface area contributed by atoms with Crippen molar-refractivity contribution in [2.75, 3.05) is 0 Å². The number of rotatable bonds is 1. The van der Waals surface area contributed by atoms with Crippen molar-refractivity contribution in [1.29, 1.82) is 5.26 Å². The summed E-state index contributed by atoms with van der Waals surface area (Å²) in [5.74, 6) is 0.592. The van der Waals surface area contributed by atoms with E-state index < -0.39 is 0 Å². The molecular formula is C13H15N. The smallest absolute Gasteiger partial charge is 0.0624 e. The molecule has 1 aromatic rings. The molecule has 0 N–H and O–H groups in total. The van der Waals surface area contributed by atoms with E-state index in [1.807, 2.05) is 0 Å². The first-order chi connectivity index (χ1) is 6.81. The molecule has 0 spiro atoms. The van der Waals surface area contributed by atoms with Crippen LogP contribution in [-0.4, -0.2) is 0 Å². The number of benzene rings is 1. The predicted octanol–water partition coefficient (Wildman–Crippen LogP) is 3.01. The predicted molar refractivity (Wildman–Crippen MR) is 56.9 cm³/mol. The molecule has 1 aliphatic rings. The van der Waals surface area contributed by atoms with E-state index >= 15 is 0 Å². The molecule has 14 heavy (non-hydrogen) atoms. The Kier molecular flexibility index (Phi) is 2.54. The number of hydrogen-bond donors (Lipinski definition) is 0. The summed E-state index contributed by atoms with van der Waals surface area (Å²) in [5.41, 5.74) is 4.41. The molecular weight excluding hydrogens is 170 g/mol. The molecule has 2 rings (SSSR count). The molecule has 0 amide bonds. The van der Waals surface area contributed by atoms with Crippen molar-refractivity contribution >= 4 is 0 Å². The molecule has 1 nitrogen and oxygen atoms in total. The van der Waals surface area contributed by atoms with Crippen molar-refractivity contribution in [3.8, 4) is 6.07 Å². The molecule has 0 fully saturated rings. The maximum atomic E-state index is 8.67. The van der Waals surface area contributed by atoms with Crippen molar-refractivity contribution in [2.24, 2.45) is 5.92 Å². The summed E-state index contributed by atoms with van der Waals surface area (Å²) in [6.07, 6.45) is 4.16. The van der Waals surface area contributed by atoms with Gasteiger partial charge >= 0.3 is 0 Å². The molecule has 72 valence electrons. The Bertz CT molecular complexity index is 373. The van der Waals surface area contributed by atoms with Gasteiger partial charge in [-0.3, -0.25) is 0 Å². The van der Waals surface area contributed by atoms with Crippen molar-refractivity contribution < 1.29 is 0 Å². The second-order valence-electron chi connectivity index (χ2n) is 4.18. The number of nitriles is 1. The lowest BCUT2D eigenvalue weighted by Crippen LogP contribution is -2.14. The van der Waals surface area contributed by atoms with Gasteiger partial charge in [-0.15, -0.1) is 0 Å². The Hall–Kier alpha value is -1.29. The van der Waals surface area contributed by atoms with Crippen molar-refractivity contribution in [3.05, 3.63) is 34.9 Å². The zero-order chi connectivity index (χ0) is 9.97. The minimum absolute atomic E-state index is 0.592. The van der Waals surface area contributed by atoms with Crippen LogP contribution < -0.4 is 0 Å². The van der Waals surface area contributed by atoms with Gasteiger partial charge in [0.25, 0.3) is 0 Å². The Morgan fingerprint density at radius 3 is 3.14 bits per heavy atom. The van der Waals surface area contributed by atoms with Gasteiger partial charge in [0.2, 0.25) is 0 Å². The van der Waals surface area contributed by atoms with Crippen molar-refractivity contribution in [2.45, 2.75) is 32.6 Å². The summed E-state index contributed by atoms with van der Waals surface area (Å²) in [6, 6.07) is 8.81. The highest BCUT2D eigenvalue weighted by Gasteiger charge is 2.18. The van der Waals surface area contributed by atoms with E-state index in [0.29, 0.717) is 12.3 Å². The quantitative estimate of drug-likeness (QED) is 0.659. The Balaban J connectivity index is 2.24. The summed E-state index contributed by atoms with van der Waals surface area (Å²) >= 11 is 0. The van der Waals surface area contributed by atoms with E-state index in [1.165, 1.54) is 23.1 Å². The largest absolute Gasteiger partial charge is 0.198 e. The highest BCUT2D eigenvalue weighted by Crippen LogP contribution is 2.29. The summed E-state index contributed by atoms with van der Waals surface area (Å²) in [5, 5.41) is 8.67. The maximum absolute atomic E-state index is 8.67. The van der Waals surface area contributed by atoms with E-state index in [9.17, 15) is 0 Å². The van der Waals surface area contributed by atoms with Crippen LogP contribution in [0.4, 0.5) is 0 Å². The van der Waals surface area contributed by atoms with Gasteiger partial charge < -0.3 is 0 Å². The molecule has 0 saturated heterocycles. The molecule has 0 aliphatic heterocycles. The normalized spacial score (nSPS) is 19.9. The first kappa shape index (κ1) is 9.27. The van der Waals surface area contributed by atoms with Crippen molar-refractivity contribution in [3.63, 3.8) is 0 Å². The highest BCUT2D eigenvalue weighted by molar-refractivity contribution is 5.36. The minimum atomic E-state index is 0.592. The van der Waals surface area contributed by atoms with Crippen LogP contribution in [0.5, 0.6) is 0 Å². The van der Waals surface area contributed by atoms with E-state index in [2.05, 4.69) is 31.2 Å². The Labute approximate surface area is 85.4 Å². The Morgan fingerprint density at radius 1 is 1.50 bits per heavy atom. The van der Waals surface area contributed by atoms with Crippen LogP contribution in [0.25, 0.3) is 0 Å². The average Bonchev–Trinajstić information content (AvgIpc) is 2.18. The lowest BCUT2D eigenvalue weighted by molar-refractivity contribution is 0.467. The first-order valence-electron chi connectivity index (χ1n) is 5.25. The molecule has 1 atom stereocenters. The van der Waals surface area contributed by atoms with Crippen LogP contribution in [0, 0.1) is 24.2 Å². The van der Waals surface area contributed by atoms with Gasteiger partial charge in [0.05, 0.1) is 6.07 Å². The van der Waals surface area contributed by atoms with Gasteiger partial charge in [0.1, 0.15) is 0 Å². The average molecular weight is 185 g/mol. The van der Waals surface area contributed by atoms with Crippen LogP contribution in [0.2, 0.25) is 0 Å². The molecule has 1 aliphatic carbocycles. The third-order valence-electron chi connectivity index (χ3n) is 3.20. The van der Waals surface area contributed by atoms with Gasteiger partial charge in [-0.1, -0.05) is 18.2 Å². The van der Waals surface area contributed by atoms with Crippen LogP contribution in [0.1, 0.15) is 29.5 Å². The fourth-order valence-corrected chi connectivity index (χ4v) is 2.38. The zero-order valence-electron chi connectivity index (χ0n) is 8.59. The van der Waals surface area contributed by atoms with Gasteiger partial charge in [-0.2, -0.15) is 5.26 Å². The third kappa shape index (κ3) is 1.65. The van der Waals surface area contributed by atoms with Gasteiger partial charge in [-0.05, 0) is 48.8 Å². The summed E-state index contributed by atoms with van der Waals surface area (Å²) in [4.78, 5) is 0. The molecule has 0 heterocycles. The van der Waals surface area contributed by atoms with E-state index in [4.69, 9.17) is 5.26 Å². The Morgan fingerprint density at radius 2 is 2.36 bits per heavy atom. The fraction of sp³-hybridized carbons (Fsp3) is 0.462. The van der Waals surface area contributed by atoms with E-state index in [0.717, 1.165) is 12.8 Å². The topological polar surface area (TPSA) is 23.8 Å². The zero-order valence-corrected chi connectivity index (χ0v) is 8.59. The van der Waals surface area contributed by atoms with Crippen LogP contribution in [-0.2, 0) is 12.8 Å². The third-order valence-corrected chi connectivity index (χ3v) is 3.20. The van der Waals surface area contributed by atoms with E-state index in [1.54, 1.807) is 0 Å². The van der Waals surface area contributed by atoms with Gasteiger partial charge in [0, 0.05) is 6.42 Å². The SMILES string of the molecule is Cc1cccc2c1CCC(CC#N)C2. The summed E-state index contributed by atoms with van der Waals surface area (Å²) in [6.45, 7) is 2.18. The molecule has 0 saturated carbocycles. The second kappa shape index (κ2) is 3.84. The molecule has 0 radical (unpaired) electrons. The monoisotopic (exact) mass is 185 g/mol. The molecule has 0 aromatic heterocycles. The highest BCUT2D eigenvalue weighted by atomic mass is 14.3. The number of hydrogen-bond acceptors (Lipinski definition) is 1. The molecule has 1 heteroatoms. The van der Waals surface area contributed by atoms with Crippen LogP contribution >= 0.6 is 0 Å². The number of aryl methyl sites for hydroxylation is 1. The van der Waals surface area contributed by atoms with Gasteiger partial charge in [0.15, 0.2) is 0 Å². The molecule has 1 aromatic carbocycles. The standard InChI is InChI=1S/C13H15N/c1-10-3-2-4-12-9-11(7-8-14)5-6-13(10)12/h2-4,11H,5-7,9H2,1H3.